The van der Waals surface area contributed by atoms with Gasteiger partial charge >= 0.3 is 12.5 Å². The maximum absolute atomic E-state index is 12.3. The fourth-order valence-electron chi connectivity index (χ4n) is 4.42. The maximum atomic E-state index is 12.3. The van der Waals surface area contributed by atoms with Gasteiger partial charge in [0, 0.05) is 17.4 Å². The van der Waals surface area contributed by atoms with Gasteiger partial charge in [-0.25, -0.2) is 4.79 Å². The Bertz CT molecular complexity index is 643. The van der Waals surface area contributed by atoms with E-state index in [-0.39, 0.29) is 17.7 Å². The lowest BCUT2D eigenvalue weighted by Crippen LogP contribution is -2.53. The van der Waals surface area contributed by atoms with Crippen LogP contribution in [0.5, 0.6) is 5.75 Å². The average Bonchev–Trinajstić information content (AvgIpc) is 2.93. The Morgan fingerprint density at radius 1 is 1.19 bits per heavy atom. The number of carboxylic acid groups (broad SMARTS) is 1. The van der Waals surface area contributed by atoms with E-state index >= 15 is 0 Å². The minimum atomic E-state index is -4.74. The summed E-state index contributed by atoms with van der Waals surface area (Å²) in [5, 5.41) is 22.5. The Labute approximate surface area is 149 Å². The van der Waals surface area contributed by atoms with Crippen molar-refractivity contribution in [3.8, 4) is 5.75 Å². The molecule has 2 saturated carbocycles. The summed E-state index contributed by atoms with van der Waals surface area (Å²) >= 11 is 0. The van der Waals surface area contributed by atoms with Crippen LogP contribution in [0.2, 0.25) is 0 Å². The lowest BCUT2D eigenvalue weighted by Gasteiger charge is -2.49. The number of aliphatic hydroxyl groups excluding tert-OH is 1. The number of amides is 1. The number of nitrogens with one attached hydrogen (secondary N) is 1. The van der Waals surface area contributed by atoms with Crippen LogP contribution < -0.4 is 10.1 Å². The third-order valence-corrected chi connectivity index (χ3v) is 5.76. The monoisotopic (exact) mass is 373 g/mol. The highest BCUT2D eigenvalue weighted by atomic mass is 19.4. The number of aliphatic hydroxyl groups is 1. The van der Waals surface area contributed by atoms with Crippen molar-refractivity contribution < 1.29 is 32.9 Å². The Morgan fingerprint density at radius 2 is 1.85 bits per heavy atom. The molecule has 2 aliphatic carbocycles. The zero-order valence-corrected chi connectivity index (χ0v) is 14.1. The standard InChI is InChI=1S/C18H22F3NO4/c19-18(20,21)26-12-7-5-11(6-8-12)17(9-2-10-17)15(23)13-3-1-4-14(13)22-16(24)25/h5-8,13-15,22-23H,1-4,9-10H2,(H,24,25)/t13?,14?,15-/m1/s1. The van der Waals surface area contributed by atoms with E-state index < -0.39 is 24.0 Å². The van der Waals surface area contributed by atoms with E-state index in [9.17, 15) is 23.1 Å². The second-order valence-electron chi connectivity index (χ2n) is 7.18. The number of hydrogen-bond acceptors (Lipinski definition) is 3. The van der Waals surface area contributed by atoms with Crippen molar-refractivity contribution in [1.29, 1.82) is 0 Å². The van der Waals surface area contributed by atoms with Crippen LogP contribution in [0.1, 0.15) is 44.1 Å². The second kappa shape index (κ2) is 6.98. The number of carbonyl (C=O) groups is 1. The van der Waals surface area contributed by atoms with E-state index in [1.54, 1.807) is 12.1 Å². The first-order valence-corrected chi connectivity index (χ1v) is 8.75. The van der Waals surface area contributed by atoms with Gasteiger partial charge in [-0.1, -0.05) is 25.0 Å². The number of alkyl halides is 3. The number of halogens is 3. The molecule has 0 radical (unpaired) electrons. The Hall–Kier alpha value is -1.96. The van der Waals surface area contributed by atoms with Gasteiger partial charge in [-0.3, -0.25) is 0 Å². The Morgan fingerprint density at radius 3 is 2.35 bits per heavy atom. The lowest BCUT2D eigenvalue weighted by atomic mass is 9.58. The van der Waals surface area contributed by atoms with E-state index in [2.05, 4.69) is 10.1 Å². The molecular formula is C18H22F3NO4. The normalized spacial score (nSPS) is 26.0. The molecule has 2 fully saturated rings. The van der Waals surface area contributed by atoms with Gasteiger partial charge in [0.25, 0.3) is 0 Å². The summed E-state index contributed by atoms with van der Waals surface area (Å²) < 4.78 is 40.9. The maximum Gasteiger partial charge on any atom is 0.573 e. The minimum absolute atomic E-state index is 0.197. The SMILES string of the molecule is O=C(O)NC1CCCC1[C@@H](O)C1(c2ccc(OC(F)(F)F)cc2)CCC1. The van der Waals surface area contributed by atoms with Gasteiger partial charge in [0.1, 0.15) is 5.75 Å². The molecule has 3 rings (SSSR count). The van der Waals surface area contributed by atoms with Crippen molar-refractivity contribution in [2.45, 2.75) is 62.4 Å². The van der Waals surface area contributed by atoms with Crippen LogP contribution in [0.15, 0.2) is 24.3 Å². The molecule has 1 aromatic rings. The largest absolute Gasteiger partial charge is 0.573 e. The van der Waals surface area contributed by atoms with E-state index in [0.29, 0.717) is 6.42 Å². The van der Waals surface area contributed by atoms with Crippen molar-refractivity contribution in [1.82, 2.24) is 5.32 Å². The van der Waals surface area contributed by atoms with Crippen molar-refractivity contribution >= 4 is 6.09 Å². The number of ether oxygens (including phenoxy) is 1. The van der Waals surface area contributed by atoms with Crippen LogP contribution in [0.4, 0.5) is 18.0 Å². The highest BCUT2D eigenvalue weighted by Crippen LogP contribution is 2.51. The first kappa shape index (κ1) is 18.8. The Balaban J connectivity index is 1.79. The number of hydrogen-bond donors (Lipinski definition) is 3. The van der Waals surface area contributed by atoms with E-state index in [1.165, 1.54) is 12.1 Å². The predicted octanol–water partition coefficient (Wildman–Crippen LogP) is 3.80. The third-order valence-electron chi connectivity index (χ3n) is 5.76. The fraction of sp³-hybridized carbons (Fsp3) is 0.611. The first-order valence-electron chi connectivity index (χ1n) is 8.75. The molecule has 0 aromatic heterocycles. The lowest BCUT2D eigenvalue weighted by molar-refractivity contribution is -0.274. The molecule has 0 spiro atoms. The highest BCUT2D eigenvalue weighted by molar-refractivity contribution is 5.65. The van der Waals surface area contributed by atoms with Crippen LogP contribution in [0.25, 0.3) is 0 Å². The second-order valence-corrected chi connectivity index (χ2v) is 7.18. The molecule has 2 unspecified atom stereocenters. The molecule has 0 heterocycles. The topological polar surface area (TPSA) is 78.8 Å². The van der Waals surface area contributed by atoms with Crippen molar-refractivity contribution in [2.24, 2.45) is 5.92 Å². The van der Waals surface area contributed by atoms with Gasteiger partial charge < -0.3 is 20.3 Å². The molecule has 0 saturated heterocycles. The zero-order valence-electron chi connectivity index (χ0n) is 14.1. The summed E-state index contributed by atoms with van der Waals surface area (Å²) in [6.07, 6.45) is -1.98. The summed E-state index contributed by atoms with van der Waals surface area (Å²) in [5.41, 5.74) is 0.233. The summed E-state index contributed by atoms with van der Waals surface area (Å²) in [7, 11) is 0. The van der Waals surface area contributed by atoms with E-state index in [1.807, 2.05) is 0 Å². The van der Waals surface area contributed by atoms with E-state index in [0.717, 1.165) is 37.7 Å². The summed E-state index contributed by atoms with van der Waals surface area (Å²) in [6.45, 7) is 0. The van der Waals surface area contributed by atoms with Gasteiger partial charge in [-0.15, -0.1) is 13.2 Å². The van der Waals surface area contributed by atoms with Gasteiger partial charge in [0.15, 0.2) is 0 Å². The zero-order chi connectivity index (χ0) is 18.9. The molecule has 2 aliphatic rings. The molecule has 144 valence electrons. The van der Waals surface area contributed by atoms with Crippen molar-refractivity contribution in [3.63, 3.8) is 0 Å². The smallest absolute Gasteiger partial charge is 0.465 e. The van der Waals surface area contributed by atoms with Gasteiger partial charge in [0.2, 0.25) is 0 Å². The molecule has 26 heavy (non-hydrogen) atoms. The quantitative estimate of drug-likeness (QED) is 0.734. The highest BCUT2D eigenvalue weighted by Gasteiger charge is 2.50. The number of benzene rings is 1. The molecule has 8 heteroatoms. The van der Waals surface area contributed by atoms with Gasteiger partial charge in [0.05, 0.1) is 6.10 Å². The van der Waals surface area contributed by atoms with Gasteiger partial charge in [-0.05, 0) is 43.4 Å². The molecule has 5 nitrogen and oxygen atoms in total. The molecule has 0 bridgehead atoms. The molecule has 1 amide bonds. The van der Waals surface area contributed by atoms with Crippen LogP contribution in [-0.4, -0.2) is 34.8 Å². The Kier molecular flexibility index (Phi) is 5.05. The predicted molar refractivity (Wildman–Crippen MR) is 87.0 cm³/mol. The third kappa shape index (κ3) is 3.75. The fourth-order valence-corrected chi connectivity index (χ4v) is 4.42. The van der Waals surface area contributed by atoms with Gasteiger partial charge in [-0.2, -0.15) is 0 Å². The molecular weight excluding hydrogens is 351 g/mol. The molecule has 3 N–H and O–H groups in total. The summed E-state index contributed by atoms with van der Waals surface area (Å²) in [4.78, 5) is 11.0. The van der Waals surface area contributed by atoms with Crippen LogP contribution in [0.3, 0.4) is 0 Å². The molecule has 3 atom stereocenters. The summed E-state index contributed by atoms with van der Waals surface area (Å²) in [5.74, 6) is -0.492. The van der Waals surface area contributed by atoms with Crippen LogP contribution >= 0.6 is 0 Å². The first-order chi connectivity index (χ1) is 12.2. The molecule has 0 aliphatic heterocycles. The molecule has 1 aromatic carbocycles. The minimum Gasteiger partial charge on any atom is -0.465 e. The van der Waals surface area contributed by atoms with E-state index in [4.69, 9.17) is 5.11 Å². The number of rotatable bonds is 5. The van der Waals surface area contributed by atoms with Crippen molar-refractivity contribution in [2.75, 3.05) is 0 Å². The summed E-state index contributed by atoms with van der Waals surface area (Å²) in [6, 6.07) is 5.36. The van der Waals surface area contributed by atoms with Crippen LogP contribution in [-0.2, 0) is 5.41 Å². The van der Waals surface area contributed by atoms with Crippen LogP contribution in [0, 0.1) is 5.92 Å². The average molecular weight is 373 g/mol. The van der Waals surface area contributed by atoms with Crippen molar-refractivity contribution in [3.05, 3.63) is 29.8 Å².